The van der Waals surface area contributed by atoms with E-state index in [-0.39, 0.29) is 29.3 Å². The number of aliphatic hydroxyl groups excluding tert-OH is 1. The fraction of sp³-hybridized carbons (Fsp3) is 0.500. The first-order valence-electron chi connectivity index (χ1n) is 11.4. The van der Waals surface area contributed by atoms with Crippen LogP contribution in [0.5, 0.6) is 28.7 Å². The Bertz CT molecular complexity index is 1050. The molecular weight excluding hydrogens is 472 g/mol. The number of benzene rings is 2. The lowest BCUT2D eigenvalue weighted by molar-refractivity contribution is -0.144. The van der Waals surface area contributed by atoms with Gasteiger partial charge in [-0.25, -0.2) is 0 Å². The van der Waals surface area contributed by atoms with Gasteiger partial charge in [0.1, 0.15) is 0 Å². The number of aliphatic hydroxyl groups is 1. The Hall–Kier alpha value is -2.78. The summed E-state index contributed by atoms with van der Waals surface area (Å²) in [7, 11) is 4.53. The molecule has 1 fully saturated rings. The van der Waals surface area contributed by atoms with Crippen molar-refractivity contribution in [1.29, 1.82) is 0 Å². The van der Waals surface area contributed by atoms with Crippen LogP contribution < -0.4 is 23.7 Å². The number of cyclic esters (lactones) is 1. The molecule has 9 heteroatoms. The Labute approximate surface area is 209 Å². The molecule has 1 saturated heterocycles. The normalized spacial score (nSPS) is 20.8. The minimum atomic E-state index is -1.14. The van der Waals surface area contributed by atoms with Crippen LogP contribution in [0.15, 0.2) is 30.3 Å². The quantitative estimate of drug-likeness (QED) is 0.520. The minimum absolute atomic E-state index is 0.116. The van der Waals surface area contributed by atoms with Crippen LogP contribution in [0.4, 0.5) is 0 Å². The predicted molar refractivity (Wildman–Crippen MR) is 132 cm³/mol. The number of thioether (sulfide) groups is 1. The van der Waals surface area contributed by atoms with E-state index in [9.17, 15) is 9.90 Å². The van der Waals surface area contributed by atoms with E-state index in [0.29, 0.717) is 34.3 Å². The second-order valence-corrected chi connectivity index (χ2v) is 11.5. The first kappa shape index (κ1) is 25.3. The second kappa shape index (κ2) is 10.1. The van der Waals surface area contributed by atoms with E-state index in [1.807, 2.05) is 18.2 Å². The standard InChI is InChI=1S/C26H32O8S/c1-26(2,3)35-24(14-7-8-17-18(9-14)34-13-33-17)16-12-32-25(28)21(16)22(27)15-10-19(29-4)23(31-6)20(11-15)30-5/h7-11,16,21-22,24,27H,12-13H2,1-6H3/t16-,21-,22-,24-/m1/s1. The SMILES string of the molecule is COc1cc([C@@H](O)[C@@H]2C(=O)OC[C@H]2[C@H](SC(C)(C)C)c2ccc3c(c2)OCO3)cc(OC)c1OC. The van der Waals surface area contributed by atoms with Gasteiger partial charge in [0.2, 0.25) is 12.5 Å². The molecule has 8 nitrogen and oxygen atoms in total. The molecule has 0 spiro atoms. The van der Waals surface area contributed by atoms with Gasteiger partial charge in [0, 0.05) is 15.9 Å². The largest absolute Gasteiger partial charge is 0.493 e. The predicted octanol–water partition coefficient (Wildman–Crippen LogP) is 4.54. The molecule has 35 heavy (non-hydrogen) atoms. The molecule has 0 bridgehead atoms. The second-order valence-electron chi connectivity index (χ2n) is 9.49. The third-order valence-electron chi connectivity index (χ3n) is 6.11. The molecule has 2 aromatic carbocycles. The Kier molecular flexibility index (Phi) is 7.28. The summed E-state index contributed by atoms with van der Waals surface area (Å²) in [5, 5.41) is 11.4. The molecule has 0 saturated carbocycles. The molecule has 4 atom stereocenters. The van der Waals surface area contributed by atoms with Gasteiger partial charge in [-0.1, -0.05) is 26.8 Å². The van der Waals surface area contributed by atoms with Crippen molar-refractivity contribution in [3.05, 3.63) is 41.5 Å². The van der Waals surface area contributed by atoms with Crippen molar-refractivity contribution >= 4 is 17.7 Å². The monoisotopic (exact) mass is 504 g/mol. The van der Waals surface area contributed by atoms with E-state index >= 15 is 0 Å². The number of rotatable bonds is 8. The number of esters is 1. The van der Waals surface area contributed by atoms with Crippen molar-refractivity contribution in [3.63, 3.8) is 0 Å². The molecule has 2 aliphatic heterocycles. The molecule has 1 N–H and O–H groups in total. The molecule has 190 valence electrons. The van der Waals surface area contributed by atoms with E-state index in [1.54, 1.807) is 23.9 Å². The van der Waals surface area contributed by atoms with E-state index in [0.717, 1.165) is 5.56 Å². The number of ether oxygens (including phenoxy) is 6. The summed E-state index contributed by atoms with van der Waals surface area (Å²) in [6.45, 7) is 6.76. The highest BCUT2D eigenvalue weighted by Gasteiger charge is 2.48. The summed E-state index contributed by atoms with van der Waals surface area (Å²) in [5.41, 5.74) is 1.47. The van der Waals surface area contributed by atoms with Crippen LogP contribution in [0, 0.1) is 11.8 Å². The highest BCUT2D eigenvalue weighted by molar-refractivity contribution is 8.00. The van der Waals surface area contributed by atoms with E-state index in [4.69, 9.17) is 28.4 Å². The lowest BCUT2D eigenvalue weighted by atomic mass is 9.82. The molecule has 0 amide bonds. The number of carbonyl (C=O) groups excluding carboxylic acids is 1. The molecule has 0 aliphatic carbocycles. The van der Waals surface area contributed by atoms with E-state index < -0.39 is 18.0 Å². The van der Waals surface area contributed by atoms with Crippen molar-refractivity contribution in [2.45, 2.75) is 36.9 Å². The van der Waals surface area contributed by atoms with Crippen molar-refractivity contribution < 1.29 is 38.3 Å². The summed E-state index contributed by atoms with van der Waals surface area (Å²) >= 11 is 1.73. The van der Waals surface area contributed by atoms with Crippen molar-refractivity contribution in [2.24, 2.45) is 11.8 Å². The maximum absolute atomic E-state index is 13.0. The van der Waals surface area contributed by atoms with Crippen molar-refractivity contribution in [1.82, 2.24) is 0 Å². The zero-order valence-corrected chi connectivity index (χ0v) is 21.6. The first-order valence-corrected chi connectivity index (χ1v) is 12.3. The molecule has 2 aromatic rings. The molecule has 0 radical (unpaired) electrons. The highest BCUT2D eigenvalue weighted by atomic mass is 32.2. The summed E-state index contributed by atoms with van der Waals surface area (Å²) < 4.78 is 32.8. The molecule has 0 unspecified atom stereocenters. The molecule has 4 rings (SSSR count). The lowest BCUT2D eigenvalue weighted by Gasteiger charge is -2.33. The smallest absolute Gasteiger partial charge is 0.312 e. The van der Waals surface area contributed by atoms with Crippen molar-refractivity contribution in [2.75, 3.05) is 34.7 Å². The fourth-order valence-corrected chi connectivity index (χ4v) is 6.01. The Morgan fingerprint density at radius 2 is 1.60 bits per heavy atom. The van der Waals surface area contributed by atoms with Gasteiger partial charge in [0.25, 0.3) is 0 Å². The number of methoxy groups -OCH3 is 3. The number of hydrogen-bond donors (Lipinski definition) is 1. The van der Waals surface area contributed by atoms with Crippen LogP contribution in [0.3, 0.4) is 0 Å². The van der Waals surface area contributed by atoms with Crippen LogP contribution in [0.25, 0.3) is 0 Å². The van der Waals surface area contributed by atoms with Gasteiger partial charge in [-0.3, -0.25) is 4.79 Å². The maximum atomic E-state index is 13.0. The Morgan fingerprint density at radius 1 is 0.943 bits per heavy atom. The molecular formula is C26H32O8S. The maximum Gasteiger partial charge on any atom is 0.312 e. The molecule has 0 aromatic heterocycles. The van der Waals surface area contributed by atoms with E-state index in [1.165, 1.54) is 21.3 Å². The van der Waals surface area contributed by atoms with Gasteiger partial charge in [-0.2, -0.15) is 0 Å². The van der Waals surface area contributed by atoms with Crippen LogP contribution in [-0.2, 0) is 9.53 Å². The fourth-order valence-electron chi connectivity index (χ4n) is 4.54. The topological polar surface area (TPSA) is 92.7 Å². The summed E-state index contributed by atoms with van der Waals surface area (Å²) in [5.74, 6) is 1.08. The van der Waals surface area contributed by atoms with E-state index in [2.05, 4.69) is 20.8 Å². The average molecular weight is 505 g/mol. The lowest BCUT2D eigenvalue weighted by Crippen LogP contribution is -2.29. The van der Waals surface area contributed by atoms with Crippen LogP contribution >= 0.6 is 11.8 Å². The van der Waals surface area contributed by atoms with Gasteiger partial charge < -0.3 is 33.5 Å². The molecule has 2 aliphatic rings. The van der Waals surface area contributed by atoms with Gasteiger partial charge >= 0.3 is 5.97 Å². The zero-order chi connectivity index (χ0) is 25.3. The van der Waals surface area contributed by atoms with Crippen LogP contribution in [0.1, 0.15) is 43.3 Å². The zero-order valence-electron chi connectivity index (χ0n) is 20.8. The van der Waals surface area contributed by atoms with Crippen LogP contribution in [0.2, 0.25) is 0 Å². The first-order chi connectivity index (χ1) is 16.7. The third-order valence-corrected chi connectivity index (χ3v) is 7.70. The number of fused-ring (bicyclic) bond motifs is 1. The Balaban J connectivity index is 1.73. The Morgan fingerprint density at radius 3 is 2.20 bits per heavy atom. The van der Waals surface area contributed by atoms with Gasteiger partial charge in [0.15, 0.2) is 23.0 Å². The summed E-state index contributed by atoms with van der Waals surface area (Å²) in [6, 6.07) is 9.17. The number of carbonyl (C=O) groups is 1. The highest BCUT2D eigenvalue weighted by Crippen LogP contribution is 2.52. The number of hydrogen-bond acceptors (Lipinski definition) is 9. The van der Waals surface area contributed by atoms with Crippen LogP contribution in [-0.4, -0.2) is 50.6 Å². The summed E-state index contributed by atoms with van der Waals surface area (Å²) in [4.78, 5) is 13.0. The van der Waals surface area contributed by atoms with Gasteiger partial charge in [-0.15, -0.1) is 11.8 Å². The minimum Gasteiger partial charge on any atom is -0.493 e. The molecule has 2 heterocycles. The van der Waals surface area contributed by atoms with Gasteiger partial charge in [0.05, 0.1) is 40.0 Å². The average Bonchev–Trinajstić information content (AvgIpc) is 3.46. The summed E-state index contributed by atoms with van der Waals surface area (Å²) in [6.07, 6.45) is -1.14. The van der Waals surface area contributed by atoms with Crippen molar-refractivity contribution in [3.8, 4) is 28.7 Å². The third kappa shape index (κ3) is 5.11. The van der Waals surface area contributed by atoms with Gasteiger partial charge in [-0.05, 0) is 35.4 Å².